The Morgan fingerprint density at radius 1 is 1.05 bits per heavy atom. The molecule has 0 unspecified atom stereocenters. The van der Waals surface area contributed by atoms with Crippen molar-refractivity contribution in [2.24, 2.45) is 16.3 Å². The van der Waals surface area contributed by atoms with Gasteiger partial charge in [-0.05, 0) is 95.8 Å². The summed E-state index contributed by atoms with van der Waals surface area (Å²) in [6.45, 7) is 7.61. The van der Waals surface area contributed by atoms with E-state index in [0.29, 0.717) is 18.1 Å². The van der Waals surface area contributed by atoms with E-state index in [4.69, 9.17) is 19.2 Å². The highest BCUT2D eigenvalue weighted by atomic mass is 32.1. The van der Waals surface area contributed by atoms with Crippen LogP contribution in [0, 0.1) is 11.3 Å². The van der Waals surface area contributed by atoms with Crippen molar-refractivity contribution in [2.45, 2.75) is 46.6 Å². The smallest absolute Gasteiger partial charge is 0.259 e. The van der Waals surface area contributed by atoms with Crippen LogP contribution in [0.1, 0.15) is 59.1 Å². The highest BCUT2D eigenvalue weighted by molar-refractivity contribution is 7.16. The first kappa shape index (κ1) is 27.1. The number of para-hydroxylation sites is 1. The van der Waals surface area contributed by atoms with Crippen molar-refractivity contribution < 1.29 is 19.0 Å². The van der Waals surface area contributed by atoms with E-state index < -0.39 is 0 Å². The zero-order valence-electron chi connectivity index (χ0n) is 23.6. The Labute approximate surface area is 245 Å². The fourth-order valence-electron chi connectivity index (χ4n) is 5.33. The molecule has 0 fully saturated rings. The van der Waals surface area contributed by atoms with E-state index >= 15 is 0 Å². The molecule has 3 aromatic carbocycles. The average molecular weight is 567 g/mol. The fraction of sp³-hybridized carbons (Fsp3) is 0.294. The number of carbonyl (C=O) groups is 1. The molecular formula is C34H34N2O4S. The van der Waals surface area contributed by atoms with E-state index in [1.54, 1.807) is 11.3 Å². The first-order valence-corrected chi connectivity index (χ1v) is 14.8. The van der Waals surface area contributed by atoms with Crippen LogP contribution in [0.25, 0.3) is 0 Å². The molecule has 1 aliphatic carbocycles. The average Bonchev–Trinajstić information content (AvgIpc) is 3.59. The predicted octanol–water partition coefficient (Wildman–Crippen LogP) is 8.21. The van der Waals surface area contributed by atoms with Gasteiger partial charge in [0, 0.05) is 16.8 Å². The number of fused-ring (bicyclic) bond motifs is 2. The van der Waals surface area contributed by atoms with Crippen LogP contribution in [-0.2, 0) is 19.4 Å². The Bertz CT molecular complexity index is 1570. The molecule has 1 aromatic heterocycles. The first-order valence-electron chi connectivity index (χ1n) is 14.0. The summed E-state index contributed by atoms with van der Waals surface area (Å²) in [7, 11) is 0. The molecule has 0 saturated carbocycles. The molecular weight excluding hydrogens is 532 g/mol. The van der Waals surface area contributed by atoms with Crippen LogP contribution >= 0.6 is 11.3 Å². The standard InChI is InChI=1S/C34H34N2O4S/c1-34(2,3)24-12-15-27-30(18-24)41-33(31(27)32(37)36-25-7-5-4-6-8-25)35-19-22-9-13-26(14-10-22)38-20-23-11-16-28-29(17-23)40-21-39-28/h4-11,13-14,16-17,19,24H,12,15,18,20-21H2,1-3H3,(H,36,37)/t24-/m1/s1. The third kappa shape index (κ3) is 6.15. The van der Waals surface area contributed by atoms with E-state index in [-0.39, 0.29) is 18.1 Å². The number of benzene rings is 3. The molecule has 0 spiro atoms. The number of rotatable bonds is 7. The lowest BCUT2D eigenvalue weighted by atomic mass is 9.72. The van der Waals surface area contributed by atoms with Crippen LogP contribution in [0.3, 0.4) is 0 Å². The number of thiophene rings is 1. The Morgan fingerprint density at radius 3 is 2.61 bits per heavy atom. The molecule has 1 amide bonds. The fourth-order valence-corrected chi connectivity index (χ4v) is 6.60. The summed E-state index contributed by atoms with van der Waals surface area (Å²) >= 11 is 1.65. The van der Waals surface area contributed by atoms with Gasteiger partial charge in [0.2, 0.25) is 6.79 Å². The Hall–Kier alpha value is -4.10. The van der Waals surface area contributed by atoms with Gasteiger partial charge < -0.3 is 19.5 Å². The summed E-state index contributed by atoms with van der Waals surface area (Å²) in [5.74, 6) is 2.77. The number of carbonyl (C=O) groups excluding carboxylic acids is 1. The van der Waals surface area contributed by atoms with Gasteiger partial charge in [-0.3, -0.25) is 4.79 Å². The van der Waals surface area contributed by atoms with E-state index in [1.165, 1.54) is 4.88 Å². The maximum Gasteiger partial charge on any atom is 0.259 e. The molecule has 1 N–H and O–H groups in total. The van der Waals surface area contributed by atoms with Crippen LogP contribution in [0.4, 0.5) is 10.7 Å². The quantitative estimate of drug-likeness (QED) is 0.229. The van der Waals surface area contributed by atoms with Gasteiger partial charge in [0.1, 0.15) is 17.4 Å². The van der Waals surface area contributed by atoms with Crippen molar-refractivity contribution in [3.05, 3.63) is 99.9 Å². The Kier molecular flexibility index (Phi) is 7.54. The molecule has 0 saturated heterocycles. The largest absolute Gasteiger partial charge is 0.489 e. The molecule has 6 rings (SSSR count). The monoisotopic (exact) mass is 566 g/mol. The van der Waals surface area contributed by atoms with Crippen LogP contribution in [-0.4, -0.2) is 18.9 Å². The summed E-state index contributed by atoms with van der Waals surface area (Å²) in [5, 5.41) is 3.85. The first-order chi connectivity index (χ1) is 19.8. The maximum atomic E-state index is 13.5. The highest BCUT2D eigenvalue weighted by Crippen LogP contribution is 2.45. The number of ether oxygens (including phenoxy) is 3. The topological polar surface area (TPSA) is 69.1 Å². The lowest BCUT2D eigenvalue weighted by molar-refractivity contribution is 0.102. The minimum Gasteiger partial charge on any atom is -0.489 e. The lowest BCUT2D eigenvalue weighted by Gasteiger charge is -2.33. The third-order valence-electron chi connectivity index (χ3n) is 7.78. The van der Waals surface area contributed by atoms with Crippen molar-refractivity contribution >= 4 is 34.1 Å². The highest BCUT2D eigenvalue weighted by Gasteiger charge is 2.33. The zero-order valence-corrected chi connectivity index (χ0v) is 24.4. The van der Waals surface area contributed by atoms with Crippen molar-refractivity contribution in [2.75, 3.05) is 12.1 Å². The van der Waals surface area contributed by atoms with Crippen LogP contribution in [0.15, 0.2) is 77.8 Å². The second-order valence-electron chi connectivity index (χ2n) is 11.6. The van der Waals surface area contributed by atoms with Gasteiger partial charge in [0.05, 0.1) is 5.56 Å². The van der Waals surface area contributed by atoms with Crippen molar-refractivity contribution in [3.63, 3.8) is 0 Å². The number of nitrogens with zero attached hydrogens (tertiary/aromatic N) is 1. The minimum absolute atomic E-state index is 0.0951. The van der Waals surface area contributed by atoms with Crippen molar-refractivity contribution in [3.8, 4) is 17.2 Å². The summed E-state index contributed by atoms with van der Waals surface area (Å²) in [4.78, 5) is 19.7. The van der Waals surface area contributed by atoms with E-state index in [0.717, 1.165) is 63.9 Å². The second kappa shape index (κ2) is 11.4. The number of hydrogen-bond acceptors (Lipinski definition) is 6. The Balaban J connectivity index is 1.19. The van der Waals surface area contributed by atoms with Gasteiger partial charge >= 0.3 is 0 Å². The van der Waals surface area contributed by atoms with Crippen LogP contribution in [0.5, 0.6) is 17.2 Å². The molecule has 1 atom stereocenters. The van der Waals surface area contributed by atoms with E-state index in [9.17, 15) is 4.79 Å². The molecule has 41 heavy (non-hydrogen) atoms. The molecule has 2 aliphatic rings. The summed E-state index contributed by atoms with van der Waals surface area (Å²) < 4.78 is 16.8. The van der Waals surface area contributed by atoms with Crippen molar-refractivity contribution in [1.29, 1.82) is 0 Å². The number of hydrogen-bond donors (Lipinski definition) is 1. The number of nitrogens with one attached hydrogen (secondary N) is 1. The molecule has 2 heterocycles. The third-order valence-corrected chi connectivity index (χ3v) is 8.95. The number of anilines is 1. The number of amides is 1. The molecule has 6 nitrogen and oxygen atoms in total. The lowest BCUT2D eigenvalue weighted by Crippen LogP contribution is -2.27. The zero-order chi connectivity index (χ0) is 28.4. The van der Waals surface area contributed by atoms with Gasteiger partial charge in [-0.25, -0.2) is 4.99 Å². The van der Waals surface area contributed by atoms with Gasteiger partial charge in [0.15, 0.2) is 11.5 Å². The van der Waals surface area contributed by atoms with E-state index in [1.807, 2.05) is 79.0 Å². The van der Waals surface area contributed by atoms with Gasteiger partial charge in [-0.1, -0.05) is 45.0 Å². The predicted molar refractivity (Wildman–Crippen MR) is 164 cm³/mol. The molecule has 7 heteroatoms. The van der Waals surface area contributed by atoms with Crippen LogP contribution in [0.2, 0.25) is 0 Å². The van der Waals surface area contributed by atoms with Gasteiger partial charge in [-0.2, -0.15) is 0 Å². The molecule has 4 aromatic rings. The summed E-state index contributed by atoms with van der Waals surface area (Å²) in [6.07, 6.45) is 4.80. The maximum absolute atomic E-state index is 13.5. The molecule has 0 bridgehead atoms. The minimum atomic E-state index is -0.0951. The Morgan fingerprint density at radius 2 is 1.83 bits per heavy atom. The SMILES string of the molecule is CC(C)(C)[C@@H]1CCc2c(sc(N=Cc3ccc(OCc4ccc5c(c4)OCO5)cc3)c2C(=O)Nc2ccccc2)C1. The molecule has 210 valence electrons. The second-order valence-corrected chi connectivity index (χ2v) is 12.7. The van der Waals surface area contributed by atoms with Gasteiger partial charge in [-0.15, -0.1) is 11.3 Å². The number of aliphatic imine (C=N–C) groups is 1. The van der Waals surface area contributed by atoms with Crippen LogP contribution < -0.4 is 19.5 Å². The normalized spacial score (nSPS) is 16.0. The van der Waals surface area contributed by atoms with Crippen molar-refractivity contribution in [1.82, 2.24) is 0 Å². The molecule has 1 aliphatic heterocycles. The van der Waals surface area contributed by atoms with E-state index in [2.05, 4.69) is 26.1 Å². The summed E-state index contributed by atoms with van der Waals surface area (Å²) in [5.41, 5.74) is 4.83. The summed E-state index contributed by atoms with van der Waals surface area (Å²) in [6, 6.07) is 23.3. The van der Waals surface area contributed by atoms with Gasteiger partial charge in [0.25, 0.3) is 5.91 Å². The molecule has 0 radical (unpaired) electrons.